The first-order valence-electron chi connectivity index (χ1n) is 7.90. The second kappa shape index (κ2) is 7.46. The molecule has 0 saturated heterocycles. The maximum absolute atomic E-state index is 12.0. The molecule has 0 radical (unpaired) electrons. The Labute approximate surface area is 127 Å². The van der Waals surface area contributed by atoms with E-state index in [1.165, 1.54) is 5.56 Å². The van der Waals surface area contributed by atoms with Crippen LogP contribution in [0.4, 0.5) is 0 Å². The number of hydrogen-bond donors (Lipinski definition) is 1. The van der Waals surface area contributed by atoms with Crippen molar-refractivity contribution in [3.8, 4) is 5.75 Å². The van der Waals surface area contributed by atoms with E-state index in [9.17, 15) is 4.79 Å². The molecular formula is C17H26N2O2. The Kier molecular flexibility index (Phi) is 5.62. The molecule has 1 N–H and O–H groups in total. The number of para-hydroxylation sites is 1. The summed E-state index contributed by atoms with van der Waals surface area (Å²) in [6.07, 6.45) is 0.550. The minimum Gasteiger partial charge on any atom is -0.493 e. The van der Waals surface area contributed by atoms with Gasteiger partial charge in [0.05, 0.1) is 6.61 Å². The predicted octanol–water partition coefficient (Wildman–Crippen LogP) is 2.60. The summed E-state index contributed by atoms with van der Waals surface area (Å²) < 4.78 is 5.75. The molecule has 0 aliphatic carbocycles. The normalized spacial score (nSPS) is 20.5. The predicted molar refractivity (Wildman–Crippen MR) is 84.4 cm³/mol. The molecule has 0 spiro atoms. The summed E-state index contributed by atoms with van der Waals surface area (Å²) in [6.45, 7) is 9.21. The van der Waals surface area contributed by atoms with Gasteiger partial charge in [0.1, 0.15) is 5.75 Å². The van der Waals surface area contributed by atoms with E-state index in [0.29, 0.717) is 18.9 Å². The van der Waals surface area contributed by atoms with Crippen molar-refractivity contribution < 1.29 is 9.53 Å². The summed E-state index contributed by atoms with van der Waals surface area (Å²) in [7, 11) is 0. The Balaban J connectivity index is 1.92. The lowest BCUT2D eigenvalue weighted by Gasteiger charge is -2.32. The summed E-state index contributed by atoms with van der Waals surface area (Å²) >= 11 is 0. The van der Waals surface area contributed by atoms with Crippen LogP contribution < -0.4 is 10.1 Å². The molecule has 1 amide bonds. The summed E-state index contributed by atoms with van der Waals surface area (Å²) in [6, 6.07) is 8.41. The number of nitrogens with one attached hydrogen (secondary N) is 1. The fourth-order valence-electron chi connectivity index (χ4n) is 2.87. The van der Waals surface area contributed by atoms with Gasteiger partial charge in [-0.05, 0) is 19.9 Å². The van der Waals surface area contributed by atoms with Crippen LogP contribution >= 0.6 is 0 Å². The van der Waals surface area contributed by atoms with Crippen LogP contribution in [-0.2, 0) is 4.79 Å². The third-order valence-electron chi connectivity index (χ3n) is 4.14. The van der Waals surface area contributed by atoms with Crippen molar-refractivity contribution in [3.05, 3.63) is 29.8 Å². The van der Waals surface area contributed by atoms with E-state index in [4.69, 9.17) is 4.74 Å². The Morgan fingerprint density at radius 2 is 2.05 bits per heavy atom. The summed E-state index contributed by atoms with van der Waals surface area (Å²) in [5, 5.41) is 3.53. The third kappa shape index (κ3) is 3.76. The zero-order chi connectivity index (χ0) is 15.2. The fraction of sp³-hybridized carbons (Fsp3) is 0.588. The molecule has 0 fully saturated rings. The Morgan fingerprint density at radius 1 is 1.33 bits per heavy atom. The van der Waals surface area contributed by atoms with E-state index < -0.39 is 0 Å². The van der Waals surface area contributed by atoms with E-state index in [1.54, 1.807) is 0 Å². The number of amides is 1. The zero-order valence-electron chi connectivity index (χ0n) is 13.3. The van der Waals surface area contributed by atoms with Crippen LogP contribution in [0.5, 0.6) is 5.75 Å². The van der Waals surface area contributed by atoms with Crippen LogP contribution in [0, 0.1) is 5.92 Å². The van der Waals surface area contributed by atoms with Crippen LogP contribution in [0.3, 0.4) is 0 Å². The number of rotatable bonds is 6. The Hall–Kier alpha value is -1.55. The van der Waals surface area contributed by atoms with Crippen molar-refractivity contribution in [2.45, 2.75) is 33.2 Å². The maximum atomic E-state index is 12.0. The molecule has 0 aromatic heterocycles. The van der Waals surface area contributed by atoms with Crippen molar-refractivity contribution >= 4 is 5.91 Å². The van der Waals surface area contributed by atoms with Gasteiger partial charge in [-0.25, -0.2) is 0 Å². The highest BCUT2D eigenvalue weighted by Gasteiger charge is 2.27. The highest BCUT2D eigenvalue weighted by atomic mass is 16.5. The number of benzene rings is 1. The molecule has 0 saturated carbocycles. The topological polar surface area (TPSA) is 41.6 Å². The van der Waals surface area contributed by atoms with Crippen LogP contribution in [-0.4, -0.2) is 37.0 Å². The van der Waals surface area contributed by atoms with Gasteiger partial charge in [-0.2, -0.15) is 0 Å². The summed E-state index contributed by atoms with van der Waals surface area (Å²) in [4.78, 5) is 13.9. The summed E-state index contributed by atoms with van der Waals surface area (Å²) in [5.41, 5.74) is 1.20. The highest BCUT2D eigenvalue weighted by Crippen LogP contribution is 2.34. The number of ether oxygens (including phenoxy) is 1. The van der Waals surface area contributed by atoms with Gasteiger partial charge < -0.3 is 15.0 Å². The van der Waals surface area contributed by atoms with E-state index in [2.05, 4.69) is 18.3 Å². The van der Waals surface area contributed by atoms with Crippen LogP contribution in [0.2, 0.25) is 0 Å². The molecule has 1 aromatic carbocycles. The van der Waals surface area contributed by atoms with Gasteiger partial charge in [-0.15, -0.1) is 0 Å². The van der Waals surface area contributed by atoms with Crippen molar-refractivity contribution in [2.24, 2.45) is 5.92 Å². The van der Waals surface area contributed by atoms with Crippen molar-refractivity contribution in [1.29, 1.82) is 0 Å². The second-order valence-electron chi connectivity index (χ2n) is 5.57. The zero-order valence-corrected chi connectivity index (χ0v) is 13.3. The molecule has 1 aliphatic rings. The standard InChI is InChI=1S/C17H26N2O2/c1-4-19(5-2)16(20)10-11-18-17-13(3)12-21-15-9-7-6-8-14(15)17/h6-9,13,17-18H,4-5,10-12H2,1-3H3. The third-order valence-corrected chi connectivity index (χ3v) is 4.14. The molecule has 4 heteroatoms. The quantitative estimate of drug-likeness (QED) is 0.875. The van der Waals surface area contributed by atoms with Crippen molar-refractivity contribution in [3.63, 3.8) is 0 Å². The maximum Gasteiger partial charge on any atom is 0.223 e. The van der Waals surface area contributed by atoms with Gasteiger partial charge in [0.15, 0.2) is 0 Å². The van der Waals surface area contributed by atoms with Crippen LogP contribution in [0.15, 0.2) is 24.3 Å². The van der Waals surface area contributed by atoms with Crippen molar-refractivity contribution in [2.75, 3.05) is 26.2 Å². The van der Waals surface area contributed by atoms with Gasteiger partial charge in [-0.1, -0.05) is 25.1 Å². The second-order valence-corrected chi connectivity index (χ2v) is 5.57. The van der Waals surface area contributed by atoms with Crippen LogP contribution in [0.25, 0.3) is 0 Å². The first kappa shape index (κ1) is 15.8. The highest BCUT2D eigenvalue weighted by molar-refractivity contribution is 5.76. The molecule has 116 valence electrons. The number of nitrogens with zero attached hydrogens (tertiary/aromatic N) is 1. The molecule has 1 aliphatic heterocycles. The molecule has 1 heterocycles. The number of fused-ring (bicyclic) bond motifs is 1. The first-order chi connectivity index (χ1) is 10.2. The first-order valence-corrected chi connectivity index (χ1v) is 7.90. The Bertz CT molecular complexity index is 472. The van der Waals surface area contributed by atoms with Gasteiger partial charge in [0, 0.05) is 43.6 Å². The number of carbonyl (C=O) groups is 1. The fourth-order valence-corrected chi connectivity index (χ4v) is 2.87. The molecule has 0 bridgehead atoms. The van der Waals surface area contributed by atoms with Crippen LogP contribution in [0.1, 0.15) is 38.8 Å². The summed E-state index contributed by atoms with van der Waals surface area (Å²) in [5.74, 6) is 1.59. The van der Waals surface area contributed by atoms with E-state index in [1.807, 2.05) is 36.9 Å². The van der Waals surface area contributed by atoms with E-state index in [-0.39, 0.29) is 11.9 Å². The molecule has 2 rings (SSSR count). The SMILES string of the molecule is CCN(CC)C(=O)CCNC1c2ccccc2OCC1C. The molecule has 2 atom stereocenters. The molecule has 4 nitrogen and oxygen atoms in total. The smallest absolute Gasteiger partial charge is 0.223 e. The van der Waals surface area contributed by atoms with E-state index >= 15 is 0 Å². The van der Waals surface area contributed by atoms with Gasteiger partial charge in [-0.3, -0.25) is 4.79 Å². The lowest BCUT2D eigenvalue weighted by atomic mass is 9.92. The van der Waals surface area contributed by atoms with Gasteiger partial charge in [0.2, 0.25) is 5.91 Å². The molecule has 1 aromatic rings. The van der Waals surface area contributed by atoms with E-state index in [0.717, 1.165) is 25.4 Å². The molecule has 2 unspecified atom stereocenters. The lowest BCUT2D eigenvalue weighted by Crippen LogP contribution is -2.37. The Morgan fingerprint density at radius 3 is 2.76 bits per heavy atom. The van der Waals surface area contributed by atoms with Crippen molar-refractivity contribution in [1.82, 2.24) is 10.2 Å². The average Bonchev–Trinajstić information content (AvgIpc) is 2.50. The minimum absolute atomic E-state index is 0.223. The monoisotopic (exact) mass is 290 g/mol. The largest absolute Gasteiger partial charge is 0.493 e. The number of carbonyl (C=O) groups excluding carboxylic acids is 1. The van der Waals surface area contributed by atoms with Gasteiger partial charge >= 0.3 is 0 Å². The lowest BCUT2D eigenvalue weighted by molar-refractivity contribution is -0.130. The average molecular weight is 290 g/mol. The minimum atomic E-state index is 0.223. The van der Waals surface area contributed by atoms with Gasteiger partial charge in [0.25, 0.3) is 0 Å². The molecule has 21 heavy (non-hydrogen) atoms. The number of hydrogen-bond acceptors (Lipinski definition) is 3. The molecular weight excluding hydrogens is 264 g/mol.